The van der Waals surface area contributed by atoms with Gasteiger partial charge in [0.2, 0.25) is 0 Å². The molecule has 1 rings (SSSR count). The normalized spacial score (nSPS) is 10.5. The summed E-state index contributed by atoms with van der Waals surface area (Å²) >= 11 is 0. The summed E-state index contributed by atoms with van der Waals surface area (Å²) in [5.41, 5.74) is 0.738. The molecule has 0 saturated heterocycles. The molecule has 6 heteroatoms. The van der Waals surface area contributed by atoms with Gasteiger partial charge >= 0.3 is 5.97 Å². The Kier molecular flexibility index (Phi) is 3.82. The number of nitro groups is 1. The molecule has 1 aromatic carbocycles. The van der Waals surface area contributed by atoms with E-state index in [-0.39, 0.29) is 5.69 Å². The largest absolute Gasteiger partial charge is 0.496 e. The van der Waals surface area contributed by atoms with Crippen molar-refractivity contribution < 1.29 is 19.6 Å². The molecule has 0 bridgehead atoms. The smallest absolute Gasteiger partial charge is 0.328 e. The predicted molar refractivity (Wildman–Crippen MR) is 61.1 cm³/mol. The van der Waals surface area contributed by atoms with Crippen LogP contribution in [0.2, 0.25) is 0 Å². The minimum atomic E-state index is -1.13. The molecule has 0 unspecified atom stereocenters. The van der Waals surface area contributed by atoms with Crippen molar-refractivity contribution in [2.75, 3.05) is 7.11 Å². The van der Waals surface area contributed by atoms with Crippen molar-refractivity contribution in [1.29, 1.82) is 0 Å². The van der Waals surface area contributed by atoms with Crippen molar-refractivity contribution in [2.24, 2.45) is 0 Å². The van der Waals surface area contributed by atoms with Crippen molar-refractivity contribution >= 4 is 17.7 Å². The van der Waals surface area contributed by atoms with Crippen LogP contribution in [-0.2, 0) is 4.79 Å². The van der Waals surface area contributed by atoms with Crippen molar-refractivity contribution in [3.63, 3.8) is 0 Å². The number of nitrogens with zero attached hydrogens (tertiary/aromatic N) is 1. The Morgan fingerprint density at radius 3 is 2.65 bits per heavy atom. The monoisotopic (exact) mass is 237 g/mol. The molecule has 6 nitrogen and oxygen atoms in total. The van der Waals surface area contributed by atoms with Gasteiger partial charge in [-0.05, 0) is 19.1 Å². The number of carbonyl (C=O) groups is 1. The number of benzene rings is 1. The molecule has 0 amide bonds. The van der Waals surface area contributed by atoms with E-state index in [1.807, 2.05) is 0 Å². The van der Waals surface area contributed by atoms with Gasteiger partial charge in [0.1, 0.15) is 5.75 Å². The highest BCUT2D eigenvalue weighted by Gasteiger charge is 2.14. The fourth-order valence-corrected chi connectivity index (χ4v) is 1.35. The maximum Gasteiger partial charge on any atom is 0.328 e. The van der Waals surface area contributed by atoms with Gasteiger partial charge in [-0.25, -0.2) is 4.79 Å². The summed E-state index contributed by atoms with van der Waals surface area (Å²) in [6, 6.07) is 2.78. The Morgan fingerprint density at radius 2 is 2.18 bits per heavy atom. The van der Waals surface area contributed by atoms with E-state index in [9.17, 15) is 14.9 Å². The lowest BCUT2D eigenvalue weighted by Gasteiger charge is -2.06. The highest BCUT2D eigenvalue weighted by atomic mass is 16.6. The van der Waals surface area contributed by atoms with Crippen LogP contribution in [0.1, 0.15) is 11.1 Å². The standard InChI is InChI=1S/C11H11NO5/c1-7-5-10(17-2)8(3-4-11(13)14)6-9(7)12(15)16/h3-6H,1-2H3,(H,13,14). The highest BCUT2D eigenvalue weighted by molar-refractivity contribution is 5.86. The van der Waals surface area contributed by atoms with E-state index in [0.29, 0.717) is 16.9 Å². The summed E-state index contributed by atoms with van der Waals surface area (Å²) in [6.45, 7) is 1.59. The van der Waals surface area contributed by atoms with Crippen LogP contribution in [0.5, 0.6) is 5.75 Å². The molecule has 0 aliphatic carbocycles. The molecule has 0 spiro atoms. The van der Waals surface area contributed by atoms with Gasteiger partial charge in [-0.1, -0.05) is 0 Å². The Morgan fingerprint density at radius 1 is 1.53 bits per heavy atom. The maximum atomic E-state index is 10.7. The Labute approximate surface area is 97.3 Å². The first-order valence-corrected chi connectivity index (χ1v) is 4.69. The average molecular weight is 237 g/mol. The van der Waals surface area contributed by atoms with E-state index in [2.05, 4.69) is 0 Å². The zero-order chi connectivity index (χ0) is 13.0. The minimum Gasteiger partial charge on any atom is -0.496 e. The molecule has 0 heterocycles. The second-order valence-electron chi connectivity index (χ2n) is 3.31. The maximum absolute atomic E-state index is 10.7. The number of aliphatic carboxylic acids is 1. The van der Waals surface area contributed by atoms with Crippen LogP contribution in [0.3, 0.4) is 0 Å². The molecule has 90 valence electrons. The summed E-state index contributed by atoms with van der Waals surface area (Å²) in [7, 11) is 1.42. The Hall–Kier alpha value is -2.37. The molecular formula is C11H11NO5. The third-order valence-corrected chi connectivity index (χ3v) is 2.15. The van der Waals surface area contributed by atoms with E-state index in [0.717, 1.165) is 6.08 Å². The van der Waals surface area contributed by atoms with Gasteiger partial charge in [0, 0.05) is 23.3 Å². The molecule has 0 aliphatic rings. The van der Waals surface area contributed by atoms with Crippen LogP contribution in [-0.4, -0.2) is 23.1 Å². The van der Waals surface area contributed by atoms with Gasteiger partial charge in [-0.3, -0.25) is 10.1 Å². The quantitative estimate of drug-likeness (QED) is 0.491. The molecular weight excluding hydrogens is 226 g/mol. The number of hydrogen-bond acceptors (Lipinski definition) is 4. The van der Waals surface area contributed by atoms with E-state index in [1.54, 1.807) is 6.92 Å². The Balaban J connectivity index is 3.31. The first kappa shape index (κ1) is 12.7. The summed E-state index contributed by atoms with van der Waals surface area (Å²) < 4.78 is 5.03. The Bertz CT molecular complexity index is 493. The fraction of sp³-hybridized carbons (Fsp3) is 0.182. The van der Waals surface area contributed by atoms with Crippen molar-refractivity contribution in [2.45, 2.75) is 6.92 Å². The zero-order valence-corrected chi connectivity index (χ0v) is 9.34. The lowest BCUT2D eigenvalue weighted by atomic mass is 10.1. The molecule has 0 saturated carbocycles. The number of aryl methyl sites for hydroxylation is 1. The van der Waals surface area contributed by atoms with Gasteiger partial charge in [-0.2, -0.15) is 0 Å². The molecule has 0 aliphatic heterocycles. The number of nitro benzene ring substituents is 1. The van der Waals surface area contributed by atoms with Crippen molar-refractivity contribution in [3.05, 3.63) is 39.4 Å². The molecule has 1 N–H and O–H groups in total. The summed E-state index contributed by atoms with van der Waals surface area (Å²) in [4.78, 5) is 20.6. The summed E-state index contributed by atoms with van der Waals surface area (Å²) in [6.07, 6.45) is 2.16. The number of carboxylic acids is 1. The summed E-state index contributed by atoms with van der Waals surface area (Å²) in [5, 5.41) is 19.2. The number of methoxy groups -OCH3 is 1. The molecule has 0 atom stereocenters. The van der Waals surface area contributed by atoms with Gasteiger partial charge in [0.25, 0.3) is 5.69 Å². The molecule has 1 aromatic rings. The molecule has 0 aromatic heterocycles. The van der Waals surface area contributed by atoms with E-state index in [4.69, 9.17) is 9.84 Å². The molecule has 0 fully saturated rings. The minimum absolute atomic E-state index is 0.0733. The third kappa shape index (κ3) is 3.04. The number of hydrogen-bond donors (Lipinski definition) is 1. The van der Waals surface area contributed by atoms with Gasteiger partial charge in [0.05, 0.1) is 12.0 Å². The molecule has 0 radical (unpaired) electrons. The second kappa shape index (κ2) is 5.11. The first-order chi connectivity index (χ1) is 7.95. The van der Waals surface area contributed by atoms with Crippen LogP contribution in [0.4, 0.5) is 5.69 Å². The second-order valence-corrected chi connectivity index (χ2v) is 3.31. The first-order valence-electron chi connectivity index (χ1n) is 4.69. The summed E-state index contributed by atoms with van der Waals surface area (Å²) in [5.74, 6) is -0.735. The number of ether oxygens (including phenoxy) is 1. The molecule has 17 heavy (non-hydrogen) atoms. The number of rotatable bonds is 4. The number of carboxylic acid groups (broad SMARTS) is 1. The van der Waals surface area contributed by atoms with Crippen LogP contribution in [0.15, 0.2) is 18.2 Å². The average Bonchev–Trinajstić information content (AvgIpc) is 2.26. The lowest BCUT2D eigenvalue weighted by molar-refractivity contribution is -0.385. The van der Waals surface area contributed by atoms with E-state index < -0.39 is 10.9 Å². The lowest BCUT2D eigenvalue weighted by Crippen LogP contribution is -1.96. The predicted octanol–water partition coefficient (Wildman–Crippen LogP) is 2.01. The highest BCUT2D eigenvalue weighted by Crippen LogP contribution is 2.28. The zero-order valence-electron chi connectivity index (χ0n) is 9.34. The van der Waals surface area contributed by atoms with Crippen LogP contribution < -0.4 is 4.74 Å². The SMILES string of the molecule is COc1cc(C)c([N+](=O)[O-])cc1C=CC(=O)O. The van der Waals surface area contributed by atoms with Crippen LogP contribution in [0.25, 0.3) is 6.08 Å². The van der Waals surface area contributed by atoms with Crippen molar-refractivity contribution in [3.8, 4) is 5.75 Å². The third-order valence-electron chi connectivity index (χ3n) is 2.15. The van der Waals surface area contributed by atoms with E-state index in [1.165, 1.54) is 25.3 Å². The van der Waals surface area contributed by atoms with Gasteiger partial charge in [0.15, 0.2) is 0 Å². The van der Waals surface area contributed by atoms with Crippen molar-refractivity contribution in [1.82, 2.24) is 0 Å². The topological polar surface area (TPSA) is 89.7 Å². The van der Waals surface area contributed by atoms with E-state index >= 15 is 0 Å². The van der Waals surface area contributed by atoms with Crippen LogP contribution >= 0.6 is 0 Å². The van der Waals surface area contributed by atoms with Crippen LogP contribution in [0, 0.1) is 17.0 Å². The van der Waals surface area contributed by atoms with Gasteiger partial charge < -0.3 is 9.84 Å². The van der Waals surface area contributed by atoms with Gasteiger partial charge in [-0.15, -0.1) is 0 Å². The fourth-order valence-electron chi connectivity index (χ4n) is 1.35.